The highest BCUT2D eigenvalue weighted by Crippen LogP contribution is 2.22. The van der Waals surface area contributed by atoms with Gasteiger partial charge in [-0.15, -0.1) is 0 Å². The molecule has 1 amide bonds. The van der Waals surface area contributed by atoms with E-state index in [1.54, 1.807) is 4.90 Å². The van der Waals surface area contributed by atoms with E-state index in [-0.39, 0.29) is 18.7 Å². The van der Waals surface area contributed by atoms with E-state index in [9.17, 15) is 4.79 Å². The van der Waals surface area contributed by atoms with Gasteiger partial charge in [0.2, 0.25) is 0 Å². The Morgan fingerprint density at radius 3 is 3.06 bits per heavy atom. The van der Waals surface area contributed by atoms with Crippen LogP contribution in [0.25, 0.3) is 0 Å². The van der Waals surface area contributed by atoms with Gasteiger partial charge in [0.05, 0.1) is 13.2 Å². The first-order valence-corrected chi connectivity index (χ1v) is 6.11. The van der Waals surface area contributed by atoms with Crippen molar-refractivity contribution in [2.75, 3.05) is 31.2 Å². The Morgan fingerprint density at radius 1 is 1.56 bits per heavy atom. The first kappa shape index (κ1) is 12.9. The highest BCUT2D eigenvalue weighted by molar-refractivity contribution is 5.89. The number of aliphatic hydroxyl groups excluding tert-OH is 1. The van der Waals surface area contributed by atoms with Gasteiger partial charge in [0, 0.05) is 18.3 Å². The summed E-state index contributed by atoms with van der Waals surface area (Å²) >= 11 is 0. The highest BCUT2D eigenvalue weighted by atomic mass is 16.6. The molecule has 0 saturated carbocycles. The average Bonchev–Trinajstić information content (AvgIpc) is 2.82. The zero-order valence-electron chi connectivity index (χ0n) is 10.4. The Bertz CT molecular complexity index is 422. The smallest absolute Gasteiger partial charge is 0.414 e. The Labute approximate surface area is 106 Å². The molecule has 98 valence electrons. The maximum atomic E-state index is 11.5. The van der Waals surface area contributed by atoms with Crippen LogP contribution >= 0.6 is 0 Å². The zero-order chi connectivity index (χ0) is 13.0. The fourth-order valence-corrected chi connectivity index (χ4v) is 1.99. The molecule has 18 heavy (non-hydrogen) atoms. The van der Waals surface area contributed by atoms with Crippen molar-refractivity contribution < 1.29 is 14.6 Å². The monoisotopic (exact) mass is 250 g/mol. The zero-order valence-corrected chi connectivity index (χ0v) is 10.4. The summed E-state index contributed by atoms with van der Waals surface area (Å²) in [5.41, 5.74) is 1.94. The molecule has 1 aliphatic heterocycles. The topological polar surface area (TPSA) is 61.8 Å². The van der Waals surface area contributed by atoms with Crippen molar-refractivity contribution in [3.8, 4) is 0 Å². The summed E-state index contributed by atoms with van der Waals surface area (Å²) in [5, 5.41) is 12.0. The minimum atomic E-state index is -0.289. The number of aliphatic hydroxyl groups is 1. The van der Waals surface area contributed by atoms with Gasteiger partial charge in [-0.25, -0.2) is 4.79 Å². The Kier molecular flexibility index (Phi) is 4.17. The summed E-state index contributed by atoms with van der Waals surface area (Å²) in [6.07, 6.45) is -0.289. The van der Waals surface area contributed by atoms with Crippen molar-refractivity contribution in [3.63, 3.8) is 0 Å². The summed E-state index contributed by atoms with van der Waals surface area (Å²) in [7, 11) is 0. The molecular formula is C13H18N2O3. The molecule has 5 heteroatoms. The quantitative estimate of drug-likeness (QED) is 0.826. The lowest BCUT2D eigenvalue weighted by Crippen LogP contribution is -2.25. The fraction of sp³-hybridized carbons (Fsp3) is 0.462. The number of nitrogens with one attached hydrogen (secondary N) is 1. The van der Waals surface area contributed by atoms with Crippen molar-refractivity contribution in [1.29, 1.82) is 0 Å². The lowest BCUT2D eigenvalue weighted by molar-refractivity contribution is 0.181. The first-order valence-electron chi connectivity index (χ1n) is 6.11. The van der Waals surface area contributed by atoms with E-state index in [1.165, 1.54) is 0 Å². The van der Waals surface area contributed by atoms with Crippen LogP contribution in [0, 0.1) is 0 Å². The number of carbonyl (C=O) groups is 1. The number of carbonyl (C=O) groups excluding carboxylic acids is 1. The third kappa shape index (κ3) is 2.80. The van der Waals surface area contributed by atoms with Gasteiger partial charge < -0.3 is 15.2 Å². The van der Waals surface area contributed by atoms with E-state index in [2.05, 4.69) is 5.32 Å². The minimum Gasteiger partial charge on any atom is -0.447 e. The van der Waals surface area contributed by atoms with Gasteiger partial charge in [0.15, 0.2) is 0 Å². The largest absolute Gasteiger partial charge is 0.447 e. The normalized spacial score (nSPS) is 16.8. The van der Waals surface area contributed by atoms with Crippen LogP contribution in [0.4, 0.5) is 10.5 Å². The van der Waals surface area contributed by atoms with Crippen LogP contribution in [0.15, 0.2) is 24.3 Å². The van der Waals surface area contributed by atoms with E-state index in [0.717, 1.165) is 11.3 Å². The van der Waals surface area contributed by atoms with Gasteiger partial charge in [-0.3, -0.25) is 4.90 Å². The standard InChI is InChI=1S/C13H18N2O3/c1-10(14-5-7-16)11-3-2-4-12(9-11)15-6-8-18-13(15)17/h2-4,9-10,14,16H,5-8H2,1H3. The number of rotatable bonds is 5. The molecule has 0 radical (unpaired) electrons. The van der Waals surface area contributed by atoms with Gasteiger partial charge in [-0.2, -0.15) is 0 Å². The number of hydrogen-bond acceptors (Lipinski definition) is 4. The molecule has 1 atom stereocenters. The van der Waals surface area contributed by atoms with Crippen LogP contribution < -0.4 is 10.2 Å². The maximum absolute atomic E-state index is 11.5. The Hall–Kier alpha value is -1.59. The molecule has 5 nitrogen and oxygen atoms in total. The van der Waals surface area contributed by atoms with E-state index in [0.29, 0.717) is 19.7 Å². The number of hydrogen-bond donors (Lipinski definition) is 2. The summed E-state index contributed by atoms with van der Waals surface area (Å²) in [5.74, 6) is 0. The van der Waals surface area contributed by atoms with Gasteiger partial charge in [0.1, 0.15) is 6.61 Å². The Morgan fingerprint density at radius 2 is 2.39 bits per heavy atom. The molecule has 1 fully saturated rings. The third-order valence-electron chi connectivity index (χ3n) is 3.01. The second-order valence-corrected chi connectivity index (χ2v) is 4.26. The Balaban J connectivity index is 2.11. The summed E-state index contributed by atoms with van der Waals surface area (Å²) in [6, 6.07) is 7.93. The molecule has 2 N–H and O–H groups in total. The van der Waals surface area contributed by atoms with Crippen LogP contribution in [-0.4, -0.2) is 37.5 Å². The van der Waals surface area contributed by atoms with Crippen molar-refractivity contribution >= 4 is 11.8 Å². The van der Waals surface area contributed by atoms with Crippen molar-refractivity contribution in [1.82, 2.24) is 5.32 Å². The fourth-order valence-electron chi connectivity index (χ4n) is 1.99. The molecule has 1 aliphatic rings. The molecule has 0 aromatic heterocycles. The maximum Gasteiger partial charge on any atom is 0.414 e. The predicted molar refractivity (Wildman–Crippen MR) is 68.6 cm³/mol. The van der Waals surface area contributed by atoms with Gasteiger partial charge in [-0.05, 0) is 24.6 Å². The van der Waals surface area contributed by atoms with Crippen LogP contribution in [0.1, 0.15) is 18.5 Å². The van der Waals surface area contributed by atoms with Crippen LogP contribution in [0.2, 0.25) is 0 Å². The molecule has 1 aromatic carbocycles. The summed E-state index contributed by atoms with van der Waals surface area (Å²) in [6.45, 7) is 3.73. The molecule has 0 aliphatic carbocycles. The lowest BCUT2D eigenvalue weighted by atomic mass is 10.1. The number of cyclic esters (lactones) is 1. The van der Waals surface area contributed by atoms with E-state index < -0.39 is 0 Å². The van der Waals surface area contributed by atoms with Crippen molar-refractivity contribution in [2.45, 2.75) is 13.0 Å². The van der Waals surface area contributed by atoms with Crippen LogP contribution in [0.3, 0.4) is 0 Å². The summed E-state index contributed by atoms with van der Waals surface area (Å²) in [4.78, 5) is 13.1. The first-order chi connectivity index (χ1) is 8.72. The molecule has 1 unspecified atom stereocenters. The van der Waals surface area contributed by atoms with Crippen molar-refractivity contribution in [2.24, 2.45) is 0 Å². The second-order valence-electron chi connectivity index (χ2n) is 4.26. The number of amides is 1. The third-order valence-corrected chi connectivity index (χ3v) is 3.01. The lowest BCUT2D eigenvalue weighted by Gasteiger charge is -2.17. The number of ether oxygens (including phenoxy) is 1. The predicted octanol–water partition coefficient (Wildman–Crippen LogP) is 1.29. The average molecular weight is 250 g/mol. The van der Waals surface area contributed by atoms with Crippen molar-refractivity contribution in [3.05, 3.63) is 29.8 Å². The number of benzene rings is 1. The SMILES string of the molecule is CC(NCCO)c1cccc(N2CCOC2=O)c1. The number of anilines is 1. The van der Waals surface area contributed by atoms with E-state index in [1.807, 2.05) is 31.2 Å². The molecule has 2 rings (SSSR count). The van der Waals surface area contributed by atoms with Gasteiger partial charge >= 0.3 is 6.09 Å². The highest BCUT2D eigenvalue weighted by Gasteiger charge is 2.23. The van der Waals surface area contributed by atoms with E-state index >= 15 is 0 Å². The second kappa shape index (κ2) is 5.84. The molecule has 0 spiro atoms. The van der Waals surface area contributed by atoms with Crippen LogP contribution in [-0.2, 0) is 4.74 Å². The molecule has 0 bridgehead atoms. The molecular weight excluding hydrogens is 232 g/mol. The van der Waals surface area contributed by atoms with E-state index in [4.69, 9.17) is 9.84 Å². The van der Waals surface area contributed by atoms with Gasteiger partial charge in [-0.1, -0.05) is 12.1 Å². The van der Waals surface area contributed by atoms with Crippen LogP contribution in [0.5, 0.6) is 0 Å². The molecule has 1 heterocycles. The minimum absolute atomic E-state index is 0.114. The van der Waals surface area contributed by atoms with Gasteiger partial charge in [0.25, 0.3) is 0 Å². The summed E-state index contributed by atoms with van der Waals surface area (Å²) < 4.78 is 4.92. The molecule has 1 saturated heterocycles. The molecule has 1 aromatic rings. The number of nitrogens with zero attached hydrogens (tertiary/aromatic N) is 1.